The van der Waals surface area contributed by atoms with E-state index in [-0.39, 0.29) is 5.78 Å². The van der Waals surface area contributed by atoms with Gasteiger partial charge >= 0.3 is 0 Å². The Kier molecular flexibility index (Phi) is 3.00. The Morgan fingerprint density at radius 1 is 1.22 bits per heavy atom. The van der Waals surface area contributed by atoms with E-state index in [1.54, 1.807) is 23.7 Å². The first-order chi connectivity index (χ1) is 8.74. The van der Waals surface area contributed by atoms with E-state index in [9.17, 15) is 4.79 Å². The second kappa shape index (κ2) is 4.65. The summed E-state index contributed by atoms with van der Waals surface area (Å²) in [7, 11) is 0. The lowest BCUT2D eigenvalue weighted by atomic mass is 9.98. The van der Waals surface area contributed by atoms with Gasteiger partial charge in [0, 0.05) is 22.8 Å². The zero-order valence-electron chi connectivity index (χ0n) is 10.4. The van der Waals surface area contributed by atoms with Crippen molar-refractivity contribution in [3.8, 4) is 0 Å². The average Bonchev–Trinajstić information content (AvgIpc) is 2.81. The van der Waals surface area contributed by atoms with Crippen LogP contribution in [0.1, 0.15) is 44.1 Å². The second-order valence-corrected chi connectivity index (χ2v) is 5.98. The first-order valence-corrected chi connectivity index (χ1v) is 7.13. The van der Waals surface area contributed by atoms with Crippen molar-refractivity contribution in [2.75, 3.05) is 0 Å². The predicted octanol–water partition coefficient (Wildman–Crippen LogP) is 3.56. The molecule has 1 aliphatic carbocycles. The molecule has 18 heavy (non-hydrogen) atoms. The molecule has 2 nitrogen and oxygen atoms in total. The third-order valence-corrected chi connectivity index (χ3v) is 4.59. The Morgan fingerprint density at radius 3 is 2.83 bits per heavy atom. The first-order valence-electron chi connectivity index (χ1n) is 6.32. The van der Waals surface area contributed by atoms with Crippen molar-refractivity contribution in [1.82, 2.24) is 4.98 Å². The van der Waals surface area contributed by atoms with Crippen molar-refractivity contribution in [3.63, 3.8) is 0 Å². The van der Waals surface area contributed by atoms with E-state index in [1.165, 1.54) is 23.3 Å². The third-order valence-electron chi connectivity index (χ3n) is 3.36. The number of carbonyl (C=O) groups is 1. The van der Waals surface area contributed by atoms with Gasteiger partial charge < -0.3 is 0 Å². The molecule has 2 aromatic heterocycles. The van der Waals surface area contributed by atoms with Gasteiger partial charge in [-0.15, -0.1) is 11.3 Å². The standard InChI is InChI=1S/C15H15NOS/c1-10-6-12(9-16-8-10)15(17)14-7-11-4-2-3-5-13(11)18-14/h6-9H,2-5H2,1H3. The van der Waals surface area contributed by atoms with Gasteiger partial charge in [0.2, 0.25) is 5.78 Å². The lowest BCUT2D eigenvalue weighted by molar-refractivity contribution is 0.104. The summed E-state index contributed by atoms with van der Waals surface area (Å²) < 4.78 is 0. The number of hydrogen-bond acceptors (Lipinski definition) is 3. The molecule has 0 aromatic carbocycles. The van der Waals surface area contributed by atoms with Crippen LogP contribution >= 0.6 is 11.3 Å². The molecule has 0 aliphatic heterocycles. The van der Waals surface area contributed by atoms with Gasteiger partial charge in [0.25, 0.3) is 0 Å². The highest BCUT2D eigenvalue weighted by Crippen LogP contribution is 2.30. The molecule has 0 bridgehead atoms. The monoisotopic (exact) mass is 257 g/mol. The second-order valence-electron chi connectivity index (χ2n) is 4.85. The summed E-state index contributed by atoms with van der Waals surface area (Å²) in [5.74, 6) is 0.116. The van der Waals surface area contributed by atoms with Crippen molar-refractivity contribution in [2.24, 2.45) is 0 Å². The number of carbonyl (C=O) groups excluding carboxylic acids is 1. The number of aromatic nitrogens is 1. The molecule has 2 heterocycles. The number of rotatable bonds is 2. The summed E-state index contributed by atoms with van der Waals surface area (Å²) in [6.45, 7) is 1.96. The fraction of sp³-hybridized carbons (Fsp3) is 0.333. The SMILES string of the molecule is Cc1cncc(C(=O)c2cc3c(s2)CCCC3)c1. The summed E-state index contributed by atoms with van der Waals surface area (Å²) in [6.07, 6.45) is 8.21. The maximum Gasteiger partial charge on any atom is 0.204 e. The molecule has 0 amide bonds. The predicted molar refractivity (Wildman–Crippen MR) is 73.4 cm³/mol. The Bertz CT molecular complexity index is 577. The Balaban J connectivity index is 1.95. The van der Waals surface area contributed by atoms with E-state index < -0.39 is 0 Å². The Morgan fingerprint density at radius 2 is 2.06 bits per heavy atom. The lowest BCUT2D eigenvalue weighted by Crippen LogP contribution is -1.99. The van der Waals surface area contributed by atoms with Crippen molar-refractivity contribution in [3.05, 3.63) is 51.0 Å². The van der Waals surface area contributed by atoms with Crippen LogP contribution in [0.4, 0.5) is 0 Å². The van der Waals surface area contributed by atoms with Gasteiger partial charge in [-0.1, -0.05) is 0 Å². The Hall–Kier alpha value is -1.48. The molecule has 92 valence electrons. The normalized spacial score (nSPS) is 14.3. The lowest BCUT2D eigenvalue weighted by Gasteiger charge is -2.08. The van der Waals surface area contributed by atoms with E-state index >= 15 is 0 Å². The molecule has 0 fully saturated rings. The van der Waals surface area contributed by atoms with Crippen molar-refractivity contribution in [2.45, 2.75) is 32.6 Å². The van der Waals surface area contributed by atoms with Crippen LogP contribution in [0, 0.1) is 6.92 Å². The molecule has 2 aromatic rings. The fourth-order valence-corrected chi connectivity index (χ4v) is 3.64. The van der Waals surface area contributed by atoms with Gasteiger partial charge in [0.1, 0.15) is 0 Å². The van der Waals surface area contributed by atoms with E-state index in [2.05, 4.69) is 11.1 Å². The van der Waals surface area contributed by atoms with Crippen LogP contribution in [0.2, 0.25) is 0 Å². The van der Waals surface area contributed by atoms with Gasteiger partial charge in [0.15, 0.2) is 0 Å². The number of thiophene rings is 1. The van der Waals surface area contributed by atoms with Crippen LogP contribution in [0.15, 0.2) is 24.5 Å². The molecule has 3 rings (SSSR count). The van der Waals surface area contributed by atoms with Gasteiger partial charge in [-0.25, -0.2) is 0 Å². The minimum Gasteiger partial charge on any atom is -0.288 e. The number of aryl methyl sites for hydroxylation is 3. The molecule has 0 saturated heterocycles. The van der Waals surface area contributed by atoms with Crippen molar-refractivity contribution in [1.29, 1.82) is 0 Å². The molecule has 0 spiro atoms. The highest BCUT2D eigenvalue weighted by molar-refractivity contribution is 7.14. The molecule has 3 heteroatoms. The highest BCUT2D eigenvalue weighted by Gasteiger charge is 2.18. The van der Waals surface area contributed by atoms with E-state index in [0.717, 1.165) is 23.3 Å². The topological polar surface area (TPSA) is 30.0 Å². The summed E-state index contributed by atoms with van der Waals surface area (Å²) in [4.78, 5) is 18.8. The van der Waals surface area contributed by atoms with Gasteiger partial charge in [-0.2, -0.15) is 0 Å². The van der Waals surface area contributed by atoms with E-state index in [1.807, 2.05) is 13.0 Å². The average molecular weight is 257 g/mol. The van der Waals surface area contributed by atoms with Crippen LogP contribution in [-0.4, -0.2) is 10.8 Å². The van der Waals surface area contributed by atoms with Crippen LogP contribution in [-0.2, 0) is 12.8 Å². The zero-order chi connectivity index (χ0) is 12.5. The van der Waals surface area contributed by atoms with E-state index in [4.69, 9.17) is 0 Å². The maximum atomic E-state index is 12.4. The maximum absolute atomic E-state index is 12.4. The molecular weight excluding hydrogens is 242 g/mol. The van der Waals surface area contributed by atoms with E-state index in [0.29, 0.717) is 5.56 Å². The highest BCUT2D eigenvalue weighted by atomic mass is 32.1. The Labute approximate surface area is 111 Å². The molecule has 0 N–H and O–H groups in total. The minimum atomic E-state index is 0.116. The summed E-state index contributed by atoms with van der Waals surface area (Å²) in [5.41, 5.74) is 3.12. The third kappa shape index (κ3) is 2.10. The molecule has 0 unspecified atom stereocenters. The number of pyridine rings is 1. The van der Waals surface area contributed by atoms with Crippen molar-refractivity contribution < 1.29 is 4.79 Å². The first kappa shape index (κ1) is 11.6. The number of nitrogens with zero attached hydrogens (tertiary/aromatic N) is 1. The summed E-state index contributed by atoms with van der Waals surface area (Å²) >= 11 is 1.67. The van der Waals surface area contributed by atoms with Crippen molar-refractivity contribution >= 4 is 17.1 Å². The number of fused-ring (bicyclic) bond motifs is 1. The summed E-state index contributed by atoms with van der Waals surface area (Å²) in [5, 5.41) is 0. The van der Waals surface area contributed by atoms with Crippen LogP contribution in [0.5, 0.6) is 0 Å². The van der Waals surface area contributed by atoms with Crippen LogP contribution < -0.4 is 0 Å². The zero-order valence-corrected chi connectivity index (χ0v) is 11.2. The molecule has 1 aliphatic rings. The van der Waals surface area contributed by atoms with Gasteiger partial charge in [-0.05, 0) is 55.9 Å². The molecule has 0 radical (unpaired) electrons. The minimum absolute atomic E-state index is 0.116. The molecular formula is C15H15NOS. The summed E-state index contributed by atoms with van der Waals surface area (Å²) in [6, 6.07) is 4.00. The number of ketones is 1. The smallest absolute Gasteiger partial charge is 0.204 e. The quantitative estimate of drug-likeness (QED) is 0.770. The van der Waals surface area contributed by atoms with Gasteiger partial charge in [0.05, 0.1) is 4.88 Å². The fourth-order valence-electron chi connectivity index (χ4n) is 2.42. The number of hydrogen-bond donors (Lipinski definition) is 0. The largest absolute Gasteiger partial charge is 0.288 e. The van der Waals surface area contributed by atoms with Crippen LogP contribution in [0.3, 0.4) is 0 Å². The van der Waals surface area contributed by atoms with Crippen LogP contribution in [0.25, 0.3) is 0 Å². The molecule has 0 atom stereocenters. The molecule has 0 saturated carbocycles. The van der Waals surface area contributed by atoms with Gasteiger partial charge in [-0.3, -0.25) is 9.78 Å².